The zero-order chi connectivity index (χ0) is 11.5. The molecule has 0 aliphatic rings. The van der Waals surface area contributed by atoms with Gasteiger partial charge in [-0.05, 0) is 39.1 Å². The number of nitrogens with zero attached hydrogens (tertiary/aromatic N) is 1. The Morgan fingerprint density at radius 2 is 2.07 bits per heavy atom. The van der Waals surface area contributed by atoms with Gasteiger partial charge < -0.3 is 0 Å². The summed E-state index contributed by atoms with van der Waals surface area (Å²) in [6.07, 6.45) is 1.57. The summed E-state index contributed by atoms with van der Waals surface area (Å²) in [7, 11) is 0. The van der Waals surface area contributed by atoms with E-state index in [2.05, 4.69) is 54.4 Å². The summed E-state index contributed by atoms with van der Waals surface area (Å²) in [5, 5.41) is 0. The van der Waals surface area contributed by atoms with E-state index in [4.69, 9.17) is 0 Å². The minimum Gasteiger partial charge on any atom is -0.211 e. The molecule has 1 aromatic carbocycles. The van der Waals surface area contributed by atoms with Crippen molar-refractivity contribution in [1.29, 1.82) is 0 Å². The maximum atomic E-state index is 10.1. The van der Waals surface area contributed by atoms with E-state index >= 15 is 0 Å². The molecule has 0 radical (unpaired) electrons. The quantitative estimate of drug-likeness (QED) is 0.467. The van der Waals surface area contributed by atoms with Crippen LogP contribution in [0.3, 0.4) is 0 Å². The second kappa shape index (κ2) is 4.90. The summed E-state index contributed by atoms with van der Waals surface area (Å²) in [4.78, 5) is 13.7. The summed E-state index contributed by atoms with van der Waals surface area (Å²) in [6, 6.07) is 6.13. The lowest BCUT2D eigenvalue weighted by molar-refractivity contribution is 0.562. The highest BCUT2D eigenvalue weighted by Gasteiger charge is 2.18. The first-order valence-corrected chi connectivity index (χ1v) is 5.86. The average molecular weight is 315 g/mol. The number of carbonyl (C=O) groups excluding carboxylic acids is 1. The van der Waals surface area contributed by atoms with Gasteiger partial charge >= 0.3 is 0 Å². The molecule has 0 aliphatic carbocycles. The van der Waals surface area contributed by atoms with Crippen molar-refractivity contribution in [1.82, 2.24) is 0 Å². The highest BCUT2D eigenvalue weighted by atomic mass is 127. The van der Waals surface area contributed by atoms with Crippen molar-refractivity contribution in [2.45, 2.75) is 32.7 Å². The lowest BCUT2D eigenvalue weighted by Crippen LogP contribution is -2.14. The molecule has 1 rings (SSSR count). The van der Waals surface area contributed by atoms with Gasteiger partial charge in [-0.3, -0.25) is 0 Å². The number of hydrogen-bond acceptors (Lipinski definition) is 2. The van der Waals surface area contributed by atoms with Gasteiger partial charge in [-0.15, -0.1) is 0 Å². The van der Waals surface area contributed by atoms with E-state index in [1.807, 2.05) is 12.1 Å². The molecule has 0 saturated heterocycles. The van der Waals surface area contributed by atoms with Crippen molar-refractivity contribution in [2.24, 2.45) is 4.99 Å². The van der Waals surface area contributed by atoms with Crippen LogP contribution >= 0.6 is 22.6 Å². The predicted octanol–water partition coefficient (Wildman–Crippen LogP) is 3.42. The summed E-state index contributed by atoms with van der Waals surface area (Å²) in [5.41, 5.74) is 2.50. The molecule has 15 heavy (non-hydrogen) atoms. The number of benzene rings is 1. The maximum Gasteiger partial charge on any atom is 0.235 e. The Balaban J connectivity index is 3.17. The van der Waals surface area contributed by atoms with Crippen molar-refractivity contribution in [2.75, 3.05) is 0 Å². The minimum atomic E-state index is 0.122. The van der Waals surface area contributed by atoms with Crippen LogP contribution in [-0.4, -0.2) is 6.08 Å². The van der Waals surface area contributed by atoms with E-state index < -0.39 is 0 Å². The molecule has 0 saturated carbocycles. The first-order valence-electron chi connectivity index (χ1n) is 4.78. The van der Waals surface area contributed by atoms with Crippen molar-refractivity contribution in [3.63, 3.8) is 0 Å². The summed E-state index contributed by atoms with van der Waals surface area (Å²) < 4.78 is 1.20. The lowest BCUT2D eigenvalue weighted by atomic mass is 9.86. The molecule has 0 amide bonds. The molecule has 0 unspecified atom stereocenters. The fourth-order valence-corrected chi connectivity index (χ4v) is 2.74. The van der Waals surface area contributed by atoms with E-state index in [1.165, 1.54) is 9.13 Å². The predicted molar refractivity (Wildman–Crippen MR) is 69.7 cm³/mol. The van der Waals surface area contributed by atoms with Gasteiger partial charge in [-0.25, -0.2) is 9.79 Å². The second-order valence-corrected chi connectivity index (χ2v) is 5.51. The van der Waals surface area contributed by atoms with E-state index in [-0.39, 0.29) is 5.41 Å². The van der Waals surface area contributed by atoms with Crippen molar-refractivity contribution >= 4 is 28.7 Å². The topological polar surface area (TPSA) is 29.4 Å². The smallest absolute Gasteiger partial charge is 0.211 e. The molecule has 0 fully saturated rings. The molecule has 0 spiro atoms. The Bertz CT molecular complexity index is 401. The Kier molecular flexibility index (Phi) is 4.05. The SMILES string of the molecule is CC(C)(C)c1cccc(CN=C=O)c1I. The average Bonchev–Trinajstić information content (AvgIpc) is 2.14. The first-order chi connectivity index (χ1) is 6.96. The molecule has 0 heterocycles. The van der Waals surface area contributed by atoms with Gasteiger partial charge in [0.2, 0.25) is 6.08 Å². The Hall–Kier alpha value is -0.670. The number of isocyanates is 1. The van der Waals surface area contributed by atoms with Gasteiger partial charge in [-0.2, -0.15) is 0 Å². The van der Waals surface area contributed by atoms with Crippen molar-refractivity contribution in [3.05, 3.63) is 32.9 Å². The lowest BCUT2D eigenvalue weighted by Gasteiger charge is -2.22. The minimum absolute atomic E-state index is 0.122. The van der Waals surface area contributed by atoms with Gasteiger partial charge in [0.15, 0.2) is 0 Å². The maximum absolute atomic E-state index is 10.1. The summed E-state index contributed by atoms with van der Waals surface area (Å²) >= 11 is 2.32. The molecular formula is C12H14INO. The normalized spacial score (nSPS) is 10.9. The molecule has 0 aliphatic heterocycles. The van der Waals surface area contributed by atoms with E-state index in [0.29, 0.717) is 6.54 Å². The molecule has 0 aromatic heterocycles. The summed E-state index contributed by atoms with van der Waals surface area (Å²) in [6.45, 7) is 6.96. The molecule has 0 bridgehead atoms. The fraction of sp³-hybridized carbons (Fsp3) is 0.417. The molecule has 2 nitrogen and oxygen atoms in total. The third-order valence-electron chi connectivity index (χ3n) is 2.20. The van der Waals surface area contributed by atoms with E-state index in [1.54, 1.807) is 6.08 Å². The number of rotatable bonds is 2. The highest BCUT2D eigenvalue weighted by Crippen LogP contribution is 2.29. The fourth-order valence-electron chi connectivity index (χ4n) is 1.40. The monoisotopic (exact) mass is 315 g/mol. The molecule has 0 atom stereocenters. The van der Waals surface area contributed by atoms with Crippen LogP contribution in [0.1, 0.15) is 31.9 Å². The van der Waals surface area contributed by atoms with Crippen LogP contribution in [0.5, 0.6) is 0 Å². The van der Waals surface area contributed by atoms with Crippen LogP contribution in [0.25, 0.3) is 0 Å². The summed E-state index contributed by atoms with van der Waals surface area (Å²) in [5.74, 6) is 0. The highest BCUT2D eigenvalue weighted by molar-refractivity contribution is 14.1. The van der Waals surface area contributed by atoms with Gasteiger partial charge in [-0.1, -0.05) is 39.0 Å². The van der Waals surface area contributed by atoms with Crippen LogP contribution in [-0.2, 0) is 16.8 Å². The van der Waals surface area contributed by atoms with Crippen molar-refractivity contribution < 1.29 is 4.79 Å². The van der Waals surface area contributed by atoms with Gasteiger partial charge in [0, 0.05) is 3.57 Å². The number of hydrogen-bond donors (Lipinski definition) is 0. The number of halogens is 1. The van der Waals surface area contributed by atoms with Crippen LogP contribution in [0.2, 0.25) is 0 Å². The van der Waals surface area contributed by atoms with Crippen molar-refractivity contribution in [3.8, 4) is 0 Å². The largest absolute Gasteiger partial charge is 0.235 e. The van der Waals surface area contributed by atoms with Crippen LogP contribution < -0.4 is 0 Å². The third-order valence-corrected chi connectivity index (χ3v) is 3.47. The first kappa shape index (κ1) is 12.4. The zero-order valence-corrected chi connectivity index (χ0v) is 11.3. The molecular weight excluding hydrogens is 301 g/mol. The number of aliphatic imine (C=N–C) groups is 1. The van der Waals surface area contributed by atoms with Crippen LogP contribution in [0.4, 0.5) is 0 Å². The molecule has 0 N–H and O–H groups in total. The molecule has 1 aromatic rings. The Labute approximate surface area is 104 Å². The molecule has 80 valence electrons. The Morgan fingerprint density at radius 3 is 2.60 bits per heavy atom. The van der Waals surface area contributed by atoms with E-state index in [9.17, 15) is 4.79 Å². The Morgan fingerprint density at radius 1 is 1.40 bits per heavy atom. The van der Waals surface area contributed by atoms with Crippen LogP contribution in [0, 0.1) is 3.57 Å². The molecule has 3 heteroatoms. The van der Waals surface area contributed by atoms with E-state index in [0.717, 1.165) is 5.56 Å². The second-order valence-electron chi connectivity index (χ2n) is 4.44. The van der Waals surface area contributed by atoms with Crippen LogP contribution in [0.15, 0.2) is 23.2 Å². The zero-order valence-electron chi connectivity index (χ0n) is 9.17. The third kappa shape index (κ3) is 3.14. The standard InChI is InChI=1S/C12H14INO/c1-12(2,3)10-6-4-5-9(11(10)13)7-14-8-15/h4-6H,7H2,1-3H3. The van der Waals surface area contributed by atoms with Gasteiger partial charge in [0.1, 0.15) is 0 Å². The van der Waals surface area contributed by atoms with Gasteiger partial charge in [0.05, 0.1) is 6.54 Å². The van der Waals surface area contributed by atoms with Gasteiger partial charge in [0.25, 0.3) is 0 Å².